The van der Waals surface area contributed by atoms with Crippen LogP contribution in [0.5, 0.6) is 5.75 Å². The van der Waals surface area contributed by atoms with Gasteiger partial charge < -0.3 is 9.63 Å². The van der Waals surface area contributed by atoms with Gasteiger partial charge in [0.05, 0.1) is 17.5 Å². The molecular weight excluding hydrogens is 274 g/mol. The molecule has 0 bridgehead atoms. The smallest absolute Gasteiger partial charge is 0.261 e. The highest BCUT2D eigenvalue weighted by Crippen LogP contribution is 2.31. The molecule has 0 atom stereocenters. The number of nitrogens with zero attached hydrogens (tertiary/aromatic N) is 3. The van der Waals surface area contributed by atoms with Crippen LogP contribution in [0.2, 0.25) is 0 Å². The molecule has 1 fully saturated rings. The fraction of sp³-hybridized carbons (Fsp3) is 0.500. The van der Waals surface area contributed by atoms with Crippen LogP contribution >= 0.6 is 11.8 Å². The van der Waals surface area contributed by atoms with Crippen molar-refractivity contribution in [3.05, 3.63) is 24.3 Å². The quantitative estimate of drug-likeness (QED) is 0.930. The summed E-state index contributed by atoms with van der Waals surface area (Å²) in [7, 11) is 0. The van der Waals surface area contributed by atoms with Crippen molar-refractivity contribution in [1.82, 2.24) is 15.1 Å². The summed E-state index contributed by atoms with van der Waals surface area (Å²) < 4.78 is 5.21. The zero-order valence-corrected chi connectivity index (χ0v) is 12.0. The van der Waals surface area contributed by atoms with Gasteiger partial charge in [-0.3, -0.25) is 4.98 Å². The Morgan fingerprint density at radius 3 is 2.95 bits per heavy atom. The van der Waals surface area contributed by atoms with Gasteiger partial charge in [0.25, 0.3) is 5.89 Å². The average Bonchev–Trinajstić information content (AvgIpc) is 2.95. The lowest BCUT2D eigenvalue weighted by atomic mass is 10.0. The molecule has 1 N–H and O–H groups in total. The Balaban J connectivity index is 1.63. The topological polar surface area (TPSA) is 72.0 Å². The van der Waals surface area contributed by atoms with Gasteiger partial charge in [-0.25, -0.2) is 0 Å². The van der Waals surface area contributed by atoms with Gasteiger partial charge in [-0.2, -0.15) is 16.7 Å². The second-order valence-corrected chi connectivity index (χ2v) is 6.27. The molecule has 0 aromatic carbocycles. The lowest BCUT2D eigenvalue weighted by molar-refractivity contribution is 0.419. The highest BCUT2D eigenvalue weighted by molar-refractivity contribution is 7.99. The van der Waals surface area contributed by atoms with Crippen LogP contribution in [-0.2, 0) is 5.75 Å². The maximum absolute atomic E-state index is 9.71. The zero-order chi connectivity index (χ0) is 13.8. The molecule has 0 aliphatic heterocycles. The first-order valence-corrected chi connectivity index (χ1v) is 7.95. The van der Waals surface area contributed by atoms with Crippen LogP contribution in [0, 0.1) is 0 Å². The summed E-state index contributed by atoms with van der Waals surface area (Å²) in [6.07, 6.45) is 9.58. The molecular formula is C14H17N3O2S. The lowest BCUT2D eigenvalue weighted by Crippen LogP contribution is -2.08. The number of rotatable bonds is 4. The first kappa shape index (κ1) is 13.4. The molecule has 1 aliphatic rings. The Labute approximate surface area is 121 Å². The van der Waals surface area contributed by atoms with E-state index in [0.717, 1.165) is 11.0 Å². The van der Waals surface area contributed by atoms with Gasteiger partial charge in [-0.05, 0) is 18.9 Å². The van der Waals surface area contributed by atoms with Crippen molar-refractivity contribution < 1.29 is 9.63 Å². The van der Waals surface area contributed by atoms with E-state index in [1.807, 2.05) is 11.8 Å². The van der Waals surface area contributed by atoms with Gasteiger partial charge in [-0.1, -0.05) is 24.4 Å². The van der Waals surface area contributed by atoms with Gasteiger partial charge in [0.15, 0.2) is 5.82 Å². The summed E-state index contributed by atoms with van der Waals surface area (Å²) in [6.45, 7) is 0. The summed E-state index contributed by atoms with van der Waals surface area (Å²) in [5.41, 5.74) is 0.529. The maximum Gasteiger partial charge on any atom is 0.261 e. The summed E-state index contributed by atoms with van der Waals surface area (Å²) in [5, 5.41) is 14.4. The minimum absolute atomic E-state index is 0.0580. The Kier molecular flexibility index (Phi) is 4.20. The van der Waals surface area contributed by atoms with E-state index in [1.165, 1.54) is 38.3 Å². The van der Waals surface area contributed by atoms with Gasteiger partial charge in [0, 0.05) is 11.4 Å². The second-order valence-electron chi connectivity index (χ2n) is 4.98. The predicted octanol–water partition coefficient (Wildman–Crippen LogP) is 3.40. The molecule has 3 rings (SSSR count). The summed E-state index contributed by atoms with van der Waals surface area (Å²) in [4.78, 5) is 8.17. The number of pyridine rings is 1. The molecule has 2 aromatic heterocycles. The van der Waals surface area contributed by atoms with E-state index in [1.54, 1.807) is 12.3 Å². The average molecular weight is 291 g/mol. The molecule has 0 radical (unpaired) electrons. The third-order valence-corrected chi connectivity index (χ3v) is 4.87. The molecule has 1 aliphatic carbocycles. The third kappa shape index (κ3) is 3.12. The van der Waals surface area contributed by atoms with Crippen LogP contribution in [0.25, 0.3) is 11.5 Å². The number of hydrogen-bond donors (Lipinski definition) is 1. The molecule has 2 heterocycles. The van der Waals surface area contributed by atoms with Crippen molar-refractivity contribution >= 4 is 11.8 Å². The highest BCUT2D eigenvalue weighted by atomic mass is 32.2. The molecule has 0 spiro atoms. The first-order valence-electron chi connectivity index (χ1n) is 6.90. The van der Waals surface area contributed by atoms with Gasteiger partial charge in [-0.15, -0.1) is 0 Å². The largest absolute Gasteiger partial charge is 0.505 e. The monoisotopic (exact) mass is 291 g/mol. The molecule has 106 valence electrons. The molecule has 0 saturated heterocycles. The van der Waals surface area contributed by atoms with Gasteiger partial charge in [0.2, 0.25) is 0 Å². The summed E-state index contributed by atoms with van der Waals surface area (Å²) in [6, 6.07) is 1.67. The normalized spacial score (nSPS) is 16.4. The van der Waals surface area contributed by atoms with Crippen LogP contribution in [0.15, 0.2) is 23.0 Å². The Morgan fingerprint density at radius 1 is 1.30 bits per heavy atom. The summed E-state index contributed by atoms with van der Waals surface area (Å²) >= 11 is 1.90. The minimum Gasteiger partial charge on any atom is -0.505 e. The van der Waals surface area contributed by atoms with E-state index >= 15 is 0 Å². The van der Waals surface area contributed by atoms with Crippen LogP contribution in [0.1, 0.15) is 37.9 Å². The standard InChI is InChI=1S/C14H17N3O2S/c18-12-8-15-7-6-11(12)14-16-13(17-19-14)9-20-10-4-2-1-3-5-10/h6-8,10,18H,1-5,9H2. The first-order chi connectivity index (χ1) is 9.83. The van der Waals surface area contributed by atoms with Crippen LogP contribution in [0.4, 0.5) is 0 Å². The molecule has 0 unspecified atom stereocenters. The fourth-order valence-corrected chi connectivity index (χ4v) is 3.58. The van der Waals surface area contributed by atoms with E-state index in [-0.39, 0.29) is 5.75 Å². The van der Waals surface area contributed by atoms with Crippen molar-refractivity contribution in [1.29, 1.82) is 0 Å². The Bertz CT molecular complexity index is 567. The van der Waals surface area contributed by atoms with Crippen LogP contribution in [0.3, 0.4) is 0 Å². The van der Waals surface area contributed by atoms with E-state index in [0.29, 0.717) is 17.3 Å². The van der Waals surface area contributed by atoms with E-state index in [2.05, 4.69) is 15.1 Å². The van der Waals surface area contributed by atoms with Crippen molar-refractivity contribution in [3.8, 4) is 17.2 Å². The Morgan fingerprint density at radius 2 is 2.15 bits per heavy atom. The predicted molar refractivity (Wildman–Crippen MR) is 77.4 cm³/mol. The zero-order valence-electron chi connectivity index (χ0n) is 11.2. The highest BCUT2D eigenvalue weighted by Gasteiger charge is 2.16. The fourth-order valence-electron chi connectivity index (χ4n) is 2.41. The van der Waals surface area contributed by atoms with Crippen LogP contribution < -0.4 is 0 Å². The number of aromatic nitrogens is 3. The van der Waals surface area contributed by atoms with Crippen molar-refractivity contribution in [3.63, 3.8) is 0 Å². The lowest BCUT2D eigenvalue weighted by Gasteiger charge is -2.19. The van der Waals surface area contributed by atoms with Crippen LogP contribution in [-0.4, -0.2) is 25.5 Å². The van der Waals surface area contributed by atoms with Gasteiger partial charge >= 0.3 is 0 Å². The van der Waals surface area contributed by atoms with E-state index < -0.39 is 0 Å². The number of aromatic hydroxyl groups is 1. The molecule has 1 saturated carbocycles. The van der Waals surface area contributed by atoms with Crippen molar-refractivity contribution in [2.24, 2.45) is 0 Å². The molecule has 6 heteroatoms. The third-order valence-electron chi connectivity index (χ3n) is 3.50. The number of hydrogen-bond acceptors (Lipinski definition) is 6. The van der Waals surface area contributed by atoms with E-state index in [9.17, 15) is 5.11 Å². The molecule has 5 nitrogen and oxygen atoms in total. The minimum atomic E-state index is 0.0580. The second kappa shape index (κ2) is 6.26. The van der Waals surface area contributed by atoms with E-state index in [4.69, 9.17) is 4.52 Å². The SMILES string of the molecule is Oc1cnccc1-c1nc(CSC2CCCCC2)no1. The molecule has 2 aromatic rings. The number of thioether (sulfide) groups is 1. The Hall–Kier alpha value is -1.56. The van der Waals surface area contributed by atoms with Crippen molar-refractivity contribution in [2.75, 3.05) is 0 Å². The molecule has 20 heavy (non-hydrogen) atoms. The molecule has 0 amide bonds. The van der Waals surface area contributed by atoms with Gasteiger partial charge in [0.1, 0.15) is 5.75 Å². The summed E-state index contributed by atoms with van der Waals surface area (Å²) in [5.74, 6) is 1.86. The maximum atomic E-state index is 9.71. The van der Waals surface area contributed by atoms with Crippen molar-refractivity contribution in [2.45, 2.75) is 43.1 Å².